The molecule has 3 aliphatic carbocycles. The summed E-state index contributed by atoms with van der Waals surface area (Å²) in [6.07, 6.45) is 3.93. The van der Waals surface area contributed by atoms with Gasteiger partial charge in [-0.3, -0.25) is 0 Å². The molecule has 3 heteroatoms. The number of halogens is 2. The Labute approximate surface area is 93.6 Å². The molecule has 2 bridgehead atoms. The summed E-state index contributed by atoms with van der Waals surface area (Å²) in [5, 5.41) is 0. The van der Waals surface area contributed by atoms with Gasteiger partial charge in [0.25, 0.3) is 0 Å². The molecule has 2 N–H and O–H groups in total. The maximum absolute atomic E-state index is 13.5. The molecule has 4 rings (SSSR count). The highest BCUT2D eigenvalue weighted by molar-refractivity contribution is 5.26. The fourth-order valence-electron chi connectivity index (χ4n) is 3.72. The Morgan fingerprint density at radius 2 is 1.81 bits per heavy atom. The first kappa shape index (κ1) is 10.2. The molecule has 0 heterocycles. The zero-order valence-corrected chi connectivity index (χ0v) is 9.10. The molecular weight excluding hydrogens is 208 g/mol. The average Bonchev–Trinajstić information content (AvgIpc) is 2.14. The van der Waals surface area contributed by atoms with Crippen LogP contribution in [0.2, 0.25) is 0 Å². The summed E-state index contributed by atoms with van der Waals surface area (Å²) >= 11 is 0. The molecule has 3 saturated carbocycles. The Bertz CT molecular complexity index is 422. The molecule has 0 saturated heterocycles. The molecule has 0 radical (unpaired) electrons. The average molecular weight is 223 g/mol. The van der Waals surface area contributed by atoms with Crippen LogP contribution in [0.1, 0.15) is 24.8 Å². The lowest BCUT2D eigenvalue weighted by atomic mass is 9.34. The van der Waals surface area contributed by atoms with Gasteiger partial charge in [-0.25, -0.2) is 8.78 Å². The fraction of sp³-hybridized carbons (Fsp3) is 0.538. The second-order valence-corrected chi connectivity index (χ2v) is 5.65. The maximum Gasteiger partial charge on any atom is 0.126 e. The number of nitrogens with two attached hydrogens (primary N) is 1. The summed E-state index contributed by atoms with van der Waals surface area (Å²) in [5.41, 5.74) is 6.78. The normalized spacial score (nSPS) is 35.4. The minimum Gasteiger partial charge on any atom is -0.330 e. The van der Waals surface area contributed by atoms with Gasteiger partial charge in [0.2, 0.25) is 0 Å². The third-order valence-corrected chi connectivity index (χ3v) is 4.26. The molecule has 1 aromatic rings. The first-order valence-electron chi connectivity index (χ1n) is 5.71. The van der Waals surface area contributed by atoms with Gasteiger partial charge in [-0.2, -0.15) is 0 Å². The summed E-state index contributed by atoms with van der Waals surface area (Å²) in [4.78, 5) is 0. The Morgan fingerprint density at radius 3 is 2.44 bits per heavy atom. The van der Waals surface area contributed by atoms with Crippen LogP contribution in [-0.4, -0.2) is 6.54 Å². The quantitative estimate of drug-likeness (QED) is 0.837. The summed E-state index contributed by atoms with van der Waals surface area (Å²) in [6, 6.07) is 3.71. The molecule has 0 unspecified atom stereocenters. The molecule has 1 nitrogen and oxygen atoms in total. The van der Waals surface area contributed by atoms with E-state index in [-0.39, 0.29) is 17.0 Å². The molecule has 0 spiro atoms. The lowest BCUT2D eigenvalue weighted by molar-refractivity contribution is -0.195. The Hall–Kier alpha value is -0.960. The van der Waals surface area contributed by atoms with E-state index < -0.39 is 0 Å². The monoisotopic (exact) mass is 223 g/mol. The SMILES string of the molecule is NCC12CC(Cc3cc(F)ccc3F)(C1)C2. The van der Waals surface area contributed by atoms with Crippen molar-refractivity contribution < 1.29 is 8.78 Å². The topological polar surface area (TPSA) is 26.0 Å². The van der Waals surface area contributed by atoms with Crippen LogP contribution < -0.4 is 5.73 Å². The van der Waals surface area contributed by atoms with Crippen molar-refractivity contribution in [2.45, 2.75) is 25.7 Å². The van der Waals surface area contributed by atoms with Gasteiger partial charge in [-0.1, -0.05) is 0 Å². The number of hydrogen-bond acceptors (Lipinski definition) is 1. The maximum atomic E-state index is 13.5. The standard InChI is InChI=1S/C13H15F2N/c14-10-1-2-11(15)9(3-10)4-12-5-13(6-12,7-12)8-16/h1-3H,4-8,16H2. The highest BCUT2D eigenvalue weighted by Crippen LogP contribution is 2.73. The summed E-state index contributed by atoms with van der Waals surface area (Å²) in [7, 11) is 0. The minimum atomic E-state index is -0.350. The van der Waals surface area contributed by atoms with Crippen LogP contribution in [0.5, 0.6) is 0 Å². The predicted octanol–water partition coefficient (Wildman–Crippen LogP) is 2.64. The largest absolute Gasteiger partial charge is 0.330 e. The van der Waals surface area contributed by atoms with Crippen molar-refractivity contribution in [1.29, 1.82) is 0 Å². The Morgan fingerprint density at radius 1 is 1.12 bits per heavy atom. The molecule has 0 aromatic heterocycles. The second-order valence-electron chi connectivity index (χ2n) is 5.65. The van der Waals surface area contributed by atoms with Crippen LogP contribution in [0.15, 0.2) is 18.2 Å². The lowest BCUT2D eigenvalue weighted by Crippen LogP contribution is -2.65. The van der Waals surface area contributed by atoms with E-state index in [4.69, 9.17) is 5.73 Å². The van der Waals surface area contributed by atoms with Gasteiger partial charge in [-0.05, 0) is 66.8 Å². The van der Waals surface area contributed by atoms with E-state index in [2.05, 4.69) is 0 Å². The summed E-state index contributed by atoms with van der Waals surface area (Å²) in [5.74, 6) is -0.635. The number of benzene rings is 1. The summed E-state index contributed by atoms with van der Waals surface area (Å²) in [6.45, 7) is 0.736. The van der Waals surface area contributed by atoms with Crippen LogP contribution >= 0.6 is 0 Å². The van der Waals surface area contributed by atoms with E-state index in [0.717, 1.165) is 25.8 Å². The van der Waals surface area contributed by atoms with Crippen molar-refractivity contribution in [2.75, 3.05) is 6.54 Å². The molecular formula is C13H15F2N. The van der Waals surface area contributed by atoms with Crippen LogP contribution in [0, 0.1) is 22.5 Å². The smallest absolute Gasteiger partial charge is 0.126 e. The van der Waals surface area contributed by atoms with Gasteiger partial charge in [0.05, 0.1) is 0 Å². The minimum absolute atomic E-state index is 0.230. The number of hydrogen-bond donors (Lipinski definition) is 1. The summed E-state index contributed by atoms with van der Waals surface area (Å²) < 4.78 is 26.5. The van der Waals surface area contributed by atoms with Crippen molar-refractivity contribution in [3.8, 4) is 0 Å². The predicted molar refractivity (Wildman–Crippen MR) is 57.8 cm³/mol. The third-order valence-electron chi connectivity index (χ3n) is 4.26. The van der Waals surface area contributed by atoms with Crippen LogP contribution in [0.3, 0.4) is 0 Å². The van der Waals surface area contributed by atoms with Crippen LogP contribution in [-0.2, 0) is 6.42 Å². The molecule has 0 aliphatic heterocycles. The van der Waals surface area contributed by atoms with Gasteiger partial charge in [0, 0.05) is 0 Å². The van der Waals surface area contributed by atoms with E-state index in [1.54, 1.807) is 0 Å². The molecule has 16 heavy (non-hydrogen) atoms. The van der Waals surface area contributed by atoms with E-state index in [0.29, 0.717) is 17.4 Å². The van der Waals surface area contributed by atoms with Gasteiger partial charge in [-0.15, -0.1) is 0 Å². The lowest BCUT2D eigenvalue weighted by Gasteiger charge is -2.71. The molecule has 0 atom stereocenters. The third kappa shape index (κ3) is 1.31. The fourth-order valence-corrected chi connectivity index (χ4v) is 3.72. The van der Waals surface area contributed by atoms with Gasteiger partial charge in [0.1, 0.15) is 11.6 Å². The Kier molecular flexibility index (Phi) is 1.94. The molecule has 0 amide bonds. The van der Waals surface area contributed by atoms with Crippen LogP contribution in [0.4, 0.5) is 8.78 Å². The molecule has 3 aliphatic rings. The van der Waals surface area contributed by atoms with Crippen LogP contribution in [0.25, 0.3) is 0 Å². The van der Waals surface area contributed by atoms with Crippen molar-refractivity contribution in [2.24, 2.45) is 16.6 Å². The first-order valence-corrected chi connectivity index (χ1v) is 5.71. The van der Waals surface area contributed by atoms with Gasteiger partial charge in [0.15, 0.2) is 0 Å². The number of rotatable bonds is 3. The van der Waals surface area contributed by atoms with Crippen molar-refractivity contribution >= 4 is 0 Å². The van der Waals surface area contributed by atoms with E-state index in [1.807, 2.05) is 0 Å². The first-order chi connectivity index (χ1) is 7.56. The molecule has 3 fully saturated rings. The van der Waals surface area contributed by atoms with E-state index in [1.165, 1.54) is 18.2 Å². The Balaban J connectivity index is 1.75. The second kappa shape index (κ2) is 3.04. The van der Waals surface area contributed by atoms with Gasteiger partial charge >= 0.3 is 0 Å². The highest BCUT2D eigenvalue weighted by Gasteiger charge is 2.66. The van der Waals surface area contributed by atoms with Crippen molar-refractivity contribution in [3.63, 3.8) is 0 Å². The van der Waals surface area contributed by atoms with E-state index in [9.17, 15) is 8.78 Å². The van der Waals surface area contributed by atoms with E-state index >= 15 is 0 Å². The zero-order chi connectivity index (χ0) is 11.4. The molecule has 86 valence electrons. The molecule has 1 aromatic carbocycles. The van der Waals surface area contributed by atoms with Crippen molar-refractivity contribution in [3.05, 3.63) is 35.4 Å². The highest BCUT2D eigenvalue weighted by atomic mass is 19.1. The van der Waals surface area contributed by atoms with Gasteiger partial charge < -0.3 is 5.73 Å². The van der Waals surface area contributed by atoms with Crippen molar-refractivity contribution in [1.82, 2.24) is 0 Å². The zero-order valence-electron chi connectivity index (χ0n) is 9.10.